The molecule has 0 saturated carbocycles. The van der Waals surface area contributed by atoms with Crippen LogP contribution < -0.4 is 10.9 Å². The van der Waals surface area contributed by atoms with Crippen molar-refractivity contribution in [1.29, 1.82) is 0 Å². The second-order valence-corrected chi connectivity index (χ2v) is 4.15. The van der Waals surface area contributed by atoms with E-state index in [1.165, 1.54) is 6.33 Å². The van der Waals surface area contributed by atoms with Gasteiger partial charge in [0.1, 0.15) is 10.6 Å². The quantitative estimate of drug-likeness (QED) is 0.697. The van der Waals surface area contributed by atoms with Gasteiger partial charge in [-0.15, -0.1) is 0 Å². The maximum Gasteiger partial charge on any atom is 0.271 e. The van der Waals surface area contributed by atoms with Gasteiger partial charge in [0.2, 0.25) is 0 Å². The van der Waals surface area contributed by atoms with Crippen LogP contribution in [0.25, 0.3) is 0 Å². The molecule has 2 heterocycles. The summed E-state index contributed by atoms with van der Waals surface area (Å²) in [6, 6.07) is 0. The van der Waals surface area contributed by atoms with E-state index in [9.17, 15) is 9.90 Å². The number of nitrogens with one attached hydrogen (secondary N) is 2. The predicted molar refractivity (Wildman–Crippen MR) is 58.7 cm³/mol. The van der Waals surface area contributed by atoms with Crippen LogP contribution in [0.3, 0.4) is 0 Å². The third-order valence-corrected chi connectivity index (χ3v) is 2.81. The van der Waals surface area contributed by atoms with E-state index in [0.29, 0.717) is 13.0 Å². The van der Waals surface area contributed by atoms with Crippen molar-refractivity contribution in [3.8, 4) is 0 Å². The molecule has 2 rings (SSSR count). The molecule has 1 aliphatic rings. The largest absolute Gasteiger partial charge is 0.386 e. The van der Waals surface area contributed by atoms with Crippen LogP contribution in [0.2, 0.25) is 5.02 Å². The maximum absolute atomic E-state index is 11.2. The molecule has 1 aromatic heterocycles. The van der Waals surface area contributed by atoms with Crippen LogP contribution in [0.1, 0.15) is 6.42 Å². The van der Waals surface area contributed by atoms with Crippen molar-refractivity contribution >= 4 is 17.4 Å². The minimum atomic E-state index is -0.909. The van der Waals surface area contributed by atoms with Gasteiger partial charge in [0.15, 0.2) is 5.82 Å². The van der Waals surface area contributed by atoms with Gasteiger partial charge in [-0.25, -0.2) is 4.98 Å². The Morgan fingerprint density at radius 3 is 3.25 bits per heavy atom. The first kappa shape index (κ1) is 11.4. The summed E-state index contributed by atoms with van der Waals surface area (Å²) in [6.45, 7) is 1.07. The molecule has 88 valence electrons. The molecule has 1 saturated heterocycles. The van der Waals surface area contributed by atoms with Crippen molar-refractivity contribution in [2.75, 3.05) is 25.1 Å². The van der Waals surface area contributed by atoms with Gasteiger partial charge in [-0.2, -0.15) is 0 Å². The van der Waals surface area contributed by atoms with Crippen molar-refractivity contribution < 1.29 is 9.84 Å². The predicted octanol–water partition coefficient (Wildman–Crippen LogP) is -0.0134. The summed E-state index contributed by atoms with van der Waals surface area (Å²) < 4.78 is 5.09. The van der Waals surface area contributed by atoms with Gasteiger partial charge in [0.25, 0.3) is 5.56 Å². The summed E-state index contributed by atoms with van der Waals surface area (Å²) in [5.74, 6) is 0.269. The van der Waals surface area contributed by atoms with E-state index in [2.05, 4.69) is 15.3 Å². The molecule has 0 aliphatic carbocycles. The minimum absolute atomic E-state index is 0.00925. The van der Waals surface area contributed by atoms with Gasteiger partial charge in [0.05, 0.1) is 12.9 Å². The molecule has 0 bridgehead atoms. The average Bonchev–Trinajstić information content (AvgIpc) is 2.68. The molecule has 0 amide bonds. The van der Waals surface area contributed by atoms with E-state index in [0.717, 1.165) is 0 Å². The van der Waals surface area contributed by atoms with E-state index < -0.39 is 11.2 Å². The van der Waals surface area contributed by atoms with E-state index in [1.54, 1.807) is 0 Å². The number of aliphatic hydroxyl groups is 1. The highest BCUT2D eigenvalue weighted by Gasteiger charge is 2.32. The lowest BCUT2D eigenvalue weighted by Gasteiger charge is -2.20. The lowest BCUT2D eigenvalue weighted by Crippen LogP contribution is -2.37. The van der Waals surface area contributed by atoms with Crippen molar-refractivity contribution in [1.82, 2.24) is 9.97 Å². The molecule has 1 unspecified atom stereocenters. The van der Waals surface area contributed by atoms with Gasteiger partial charge in [-0.1, -0.05) is 11.6 Å². The summed E-state index contributed by atoms with van der Waals surface area (Å²) in [6.07, 6.45) is 1.81. The first-order valence-corrected chi connectivity index (χ1v) is 5.26. The van der Waals surface area contributed by atoms with Crippen molar-refractivity contribution in [2.45, 2.75) is 12.0 Å². The Labute approximate surface area is 96.6 Å². The Hall–Kier alpha value is -1.11. The van der Waals surface area contributed by atoms with Crippen molar-refractivity contribution in [3.05, 3.63) is 21.7 Å². The van der Waals surface area contributed by atoms with Crippen LogP contribution in [-0.4, -0.2) is 40.4 Å². The fraction of sp³-hybridized carbons (Fsp3) is 0.556. The van der Waals surface area contributed by atoms with Crippen LogP contribution in [-0.2, 0) is 4.74 Å². The highest BCUT2D eigenvalue weighted by molar-refractivity contribution is 6.32. The smallest absolute Gasteiger partial charge is 0.271 e. The molecular formula is C9H12ClN3O3. The highest BCUT2D eigenvalue weighted by atomic mass is 35.5. The molecule has 1 aliphatic heterocycles. The molecule has 0 radical (unpaired) electrons. The Balaban J connectivity index is 2.04. The number of hydrogen-bond donors (Lipinski definition) is 3. The summed E-state index contributed by atoms with van der Waals surface area (Å²) in [7, 11) is 0. The van der Waals surface area contributed by atoms with Crippen LogP contribution in [0.4, 0.5) is 5.82 Å². The summed E-state index contributed by atoms with van der Waals surface area (Å²) in [5, 5.41) is 12.8. The topological polar surface area (TPSA) is 87.2 Å². The van der Waals surface area contributed by atoms with E-state index in [4.69, 9.17) is 16.3 Å². The molecular weight excluding hydrogens is 234 g/mol. The third-order valence-electron chi connectivity index (χ3n) is 2.46. The van der Waals surface area contributed by atoms with Crippen LogP contribution in [0.5, 0.6) is 0 Å². The zero-order valence-corrected chi connectivity index (χ0v) is 9.25. The van der Waals surface area contributed by atoms with Gasteiger partial charge < -0.3 is 20.1 Å². The van der Waals surface area contributed by atoms with Gasteiger partial charge in [-0.05, 0) is 0 Å². The Bertz CT molecular complexity index is 428. The number of aromatic amines is 1. The normalized spacial score (nSPS) is 24.6. The molecule has 6 nitrogen and oxygen atoms in total. The first-order valence-electron chi connectivity index (χ1n) is 4.88. The second-order valence-electron chi connectivity index (χ2n) is 3.77. The zero-order valence-electron chi connectivity index (χ0n) is 8.49. The number of rotatable bonds is 3. The Kier molecular flexibility index (Phi) is 3.13. The number of halogens is 1. The van der Waals surface area contributed by atoms with Gasteiger partial charge in [-0.3, -0.25) is 4.79 Å². The molecule has 1 atom stereocenters. The standard InChI is InChI=1S/C9H12ClN3O3/c10-6-7(12-5-13-8(6)14)11-3-9(15)1-2-16-4-9/h5,15H,1-4H2,(H2,11,12,13,14). The molecule has 3 N–H and O–H groups in total. The highest BCUT2D eigenvalue weighted by Crippen LogP contribution is 2.20. The lowest BCUT2D eigenvalue weighted by atomic mass is 10.0. The molecule has 0 aromatic carbocycles. The number of nitrogens with zero attached hydrogens (tertiary/aromatic N) is 1. The number of aromatic nitrogens is 2. The summed E-state index contributed by atoms with van der Waals surface area (Å²) in [5.41, 5.74) is -1.32. The number of H-pyrrole nitrogens is 1. The van der Waals surface area contributed by atoms with Crippen LogP contribution >= 0.6 is 11.6 Å². The monoisotopic (exact) mass is 245 g/mol. The van der Waals surface area contributed by atoms with Crippen LogP contribution in [0, 0.1) is 0 Å². The van der Waals surface area contributed by atoms with E-state index >= 15 is 0 Å². The van der Waals surface area contributed by atoms with Crippen molar-refractivity contribution in [3.63, 3.8) is 0 Å². The fourth-order valence-electron chi connectivity index (χ4n) is 1.49. The SMILES string of the molecule is O=c1[nH]cnc(NCC2(O)CCOC2)c1Cl. The molecule has 7 heteroatoms. The molecule has 16 heavy (non-hydrogen) atoms. The number of hydrogen-bond acceptors (Lipinski definition) is 5. The molecule has 1 fully saturated rings. The van der Waals surface area contributed by atoms with Crippen molar-refractivity contribution in [2.24, 2.45) is 0 Å². The number of ether oxygens (including phenoxy) is 1. The van der Waals surface area contributed by atoms with Gasteiger partial charge in [0, 0.05) is 19.6 Å². The maximum atomic E-state index is 11.2. The van der Waals surface area contributed by atoms with E-state index in [1.807, 2.05) is 0 Å². The second kappa shape index (κ2) is 4.40. The fourth-order valence-corrected chi connectivity index (χ4v) is 1.66. The number of anilines is 1. The minimum Gasteiger partial charge on any atom is -0.386 e. The Morgan fingerprint density at radius 2 is 2.56 bits per heavy atom. The lowest BCUT2D eigenvalue weighted by molar-refractivity contribution is 0.0381. The molecule has 1 aromatic rings. The first-order chi connectivity index (χ1) is 7.61. The third kappa shape index (κ3) is 2.34. The van der Waals surface area contributed by atoms with Gasteiger partial charge >= 0.3 is 0 Å². The summed E-state index contributed by atoms with van der Waals surface area (Å²) in [4.78, 5) is 17.4. The average molecular weight is 246 g/mol. The van der Waals surface area contributed by atoms with E-state index in [-0.39, 0.29) is 24.0 Å². The molecule has 0 spiro atoms. The summed E-state index contributed by atoms with van der Waals surface area (Å²) >= 11 is 5.74. The zero-order chi connectivity index (χ0) is 11.6. The Morgan fingerprint density at radius 1 is 1.75 bits per heavy atom. The van der Waals surface area contributed by atoms with Crippen LogP contribution in [0.15, 0.2) is 11.1 Å².